The SMILES string of the molecule is CN(c1nccs1)S(=O)(=O)c1cc(C(F)(F)F)ccc1CNC(=O)c1ccccc1. The van der Waals surface area contributed by atoms with Crippen LogP contribution in [-0.4, -0.2) is 26.4 Å². The quantitative estimate of drug-likeness (QED) is 0.611. The highest BCUT2D eigenvalue weighted by Gasteiger charge is 2.34. The maximum Gasteiger partial charge on any atom is 0.416 e. The fourth-order valence-corrected chi connectivity index (χ4v) is 4.84. The van der Waals surface area contributed by atoms with Gasteiger partial charge in [0.15, 0.2) is 5.13 Å². The van der Waals surface area contributed by atoms with Gasteiger partial charge in [0.1, 0.15) is 0 Å². The van der Waals surface area contributed by atoms with Gasteiger partial charge in [0.25, 0.3) is 15.9 Å². The van der Waals surface area contributed by atoms with Gasteiger partial charge in [-0.15, -0.1) is 11.3 Å². The van der Waals surface area contributed by atoms with Crippen molar-refractivity contribution in [1.29, 1.82) is 0 Å². The number of carbonyl (C=O) groups is 1. The Labute approximate surface area is 175 Å². The number of aromatic nitrogens is 1. The summed E-state index contributed by atoms with van der Waals surface area (Å²) in [6.07, 6.45) is -3.34. The van der Waals surface area contributed by atoms with Gasteiger partial charge in [-0.05, 0) is 29.8 Å². The predicted octanol–water partition coefficient (Wildman–Crippen LogP) is 3.92. The van der Waals surface area contributed by atoms with Gasteiger partial charge in [-0.25, -0.2) is 17.7 Å². The van der Waals surface area contributed by atoms with Crippen LogP contribution in [0.15, 0.2) is 65.0 Å². The zero-order chi connectivity index (χ0) is 21.9. The second-order valence-corrected chi connectivity index (χ2v) is 8.97. The zero-order valence-corrected chi connectivity index (χ0v) is 17.2. The molecule has 0 radical (unpaired) electrons. The van der Waals surface area contributed by atoms with Crippen LogP contribution < -0.4 is 9.62 Å². The standard InChI is InChI=1S/C19H16F3N3O3S2/c1-25(18-23-9-10-29-18)30(27,28)16-11-15(19(20,21)22)8-7-14(16)12-24-17(26)13-5-3-2-4-6-13/h2-11H,12H2,1H3,(H,24,26). The molecule has 3 aromatic rings. The van der Waals surface area contributed by atoms with E-state index in [0.29, 0.717) is 11.6 Å². The highest BCUT2D eigenvalue weighted by Crippen LogP contribution is 2.33. The minimum absolute atomic E-state index is 0.0238. The maximum atomic E-state index is 13.2. The average molecular weight is 455 g/mol. The van der Waals surface area contributed by atoms with Gasteiger partial charge in [0, 0.05) is 30.7 Å². The summed E-state index contributed by atoms with van der Waals surface area (Å²) in [5.74, 6) is -0.480. The predicted molar refractivity (Wildman–Crippen MR) is 107 cm³/mol. The molecule has 2 aromatic carbocycles. The lowest BCUT2D eigenvalue weighted by Crippen LogP contribution is -2.29. The van der Waals surface area contributed by atoms with Crippen molar-refractivity contribution in [2.24, 2.45) is 0 Å². The molecule has 1 aromatic heterocycles. The topological polar surface area (TPSA) is 79.4 Å². The van der Waals surface area contributed by atoms with E-state index in [-0.39, 0.29) is 17.2 Å². The third-order valence-electron chi connectivity index (χ3n) is 4.20. The van der Waals surface area contributed by atoms with E-state index in [2.05, 4.69) is 10.3 Å². The first-order valence-corrected chi connectivity index (χ1v) is 10.8. The Kier molecular flexibility index (Phi) is 6.13. The van der Waals surface area contributed by atoms with E-state index in [1.54, 1.807) is 35.7 Å². The van der Waals surface area contributed by atoms with Crippen LogP contribution in [0.25, 0.3) is 0 Å². The van der Waals surface area contributed by atoms with Crippen LogP contribution in [0, 0.1) is 0 Å². The molecule has 11 heteroatoms. The van der Waals surface area contributed by atoms with Crippen LogP contribution >= 0.6 is 11.3 Å². The molecule has 3 rings (SSSR count). The number of thiazole rings is 1. The number of nitrogens with zero attached hydrogens (tertiary/aromatic N) is 2. The zero-order valence-electron chi connectivity index (χ0n) is 15.6. The second kappa shape index (κ2) is 8.44. The third-order valence-corrected chi connectivity index (χ3v) is 6.99. The van der Waals surface area contributed by atoms with Crippen molar-refractivity contribution in [3.05, 3.63) is 76.8 Å². The number of anilines is 1. The summed E-state index contributed by atoms with van der Waals surface area (Å²) in [5.41, 5.74) is -0.740. The van der Waals surface area contributed by atoms with Crippen LogP contribution in [0.4, 0.5) is 18.3 Å². The molecule has 0 aliphatic carbocycles. The van der Waals surface area contributed by atoms with Gasteiger partial charge in [-0.2, -0.15) is 13.2 Å². The Balaban J connectivity index is 1.98. The van der Waals surface area contributed by atoms with E-state index >= 15 is 0 Å². The molecule has 1 N–H and O–H groups in total. The summed E-state index contributed by atoms with van der Waals surface area (Å²) < 4.78 is 66.6. The Morgan fingerprint density at radius 1 is 1.17 bits per heavy atom. The van der Waals surface area contributed by atoms with Gasteiger partial charge >= 0.3 is 6.18 Å². The first-order valence-electron chi connectivity index (χ1n) is 8.52. The monoisotopic (exact) mass is 455 g/mol. The fourth-order valence-electron chi connectivity index (χ4n) is 2.61. The second-order valence-electron chi connectivity index (χ2n) is 6.16. The van der Waals surface area contributed by atoms with Crippen LogP contribution in [-0.2, 0) is 22.7 Å². The first kappa shape index (κ1) is 21.8. The molecule has 0 spiro atoms. The van der Waals surface area contributed by atoms with E-state index < -0.39 is 32.6 Å². The summed E-state index contributed by atoms with van der Waals surface area (Å²) in [4.78, 5) is 15.6. The smallest absolute Gasteiger partial charge is 0.348 e. The highest BCUT2D eigenvalue weighted by atomic mass is 32.2. The summed E-state index contributed by atoms with van der Waals surface area (Å²) >= 11 is 1.03. The van der Waals surface area contributed by atoms with Crippen LogP contribution in [0.5, 0.6) is 0 Å². The van der Waals surface area contributed by atoms with Crippen molar-refractivity contribution in [3.8, 4) is 0 Å². The van der Waals surface area contributed by atoms with E-state index in [1.807, 2.05) is 0 Å². The molecular weight excluding hydrogens is 439 g/mol. The molecule has 158 valence electrons. The van der Waals surface area contributed by atoms with Gasteiger partial charge in [0.05, 0.1) is 10.5 Å². The van der Waals surface area contributed by atoms with Crippen molar-refractivity contribution < 1.29 is 26.4 Å². The van der Waals surface area contributed by atoms with Crippen molar-refractivity contribution in [2.75, 3.05) is 11.4 Å². The summed E-state index contributed by atoms with van der Waals surface area (Å²) in [7, 11) is -3.15. The van der Waals surface area contributed by atoms with Crippen LogP contribution in [0.1, 0.15) is 21.5 Å². The van der Waals surface area contributed by atoms with Gasteiger partial charge in [-0.1, -0.05) is 24.3 Å². The van der Waals surface area contributed by atoms with Crippen molar-refractivity contribution >= 4 is 32.4 Å². The molecule has 6 nitrogen and oxygen atoms in total. The Morgan fingerprint density at radius 2 is 1.87 bits per heavy atom. The largest absolute Gasteiger partial charge is 0.416 e. The minimum atomic E-state index is -4.73. The molecule has 0 bridgehead atoms. The van der Waals surface area contributed by atoms with Gasteiger partial charge < -0.3 is 5.32 Å². The lowest BCUT2D eigenvalue weighted by atomic mass is 10.1. The number of halogens is 3. The lowest BCUT2D eigenvalue weighted by Gasteiger charge is -2.20. The van der Waals surface area contributed by atoms with Crippen LogP contribution in [0.2, 0.25) is 0 Å². The number of carbonyl (C=O) groups excluding carboxylic acids is 1. The number of sulfonamides is 1. The number of alkyl halides is 3. The number of rotatable bonds is 6. The highest BCUT2D eigenvalue weighted by molar-refractivity contribution is 7.93. The number of hydrogen-bond acceptors (Lipinski definition) is 5. The van der Waals surface area contributed by atoms with E-state index in [1.165, 1.54) is 13.2 Å². The molecule has 0 fully saturated rings. The first-order chi connectivity index (χ1) is 14.1. The summed E-state index contributed by atoms with van der Waals surface area (Å²) in [6.45, 7) is -0.272. The number of hydrogen-bond donors (Lipinski definition) is 1. The van der Waals surface area contributed by atoms with E-state index in [0.717, 1.165) is 27.8 Å². The number of benzene rings is 2. The molecule has 0 saturated heterocycles. The number of nitrogens with one attached hydrogen (secondary N) is 1. The Morgan fingerprint density at radius 3 is 2.47 bits per heavy atom. The molecule has 0 saturated carbocycles. The summed E-state index contributed by atoms with van der Waals surface area (Å²) in [5, 5.41) is 4.20. The van der Waals surface area contributed by atoms with Gasteiger partial charge in [0.2, 0.25) is 0 Å². The fraction of sp³-hybridized carbons (Fsp3) is 0.158. The maximum absolute atomic E-state index is 13.2. The average Bonchev–Trinajstić information content (AvgIpc) is 3.26. The molecule has 1 amide bonds. The molecule has 0 aliphatic heterocycles. The minimum Gasteiger partial charge on any atom is -0.348 e. The van der Waals surface area contributed by atoms with Crippen molar-refractivity contribution in [2.45, 2.75) is 17.6 Å². The molecule has 1 heterocycles. The van der Waals surface area contributed by atoms with Crippen molar-refractivity contribution in [1.82, 2.24) is 10.3 Å². The third kappa shape index (κ3) is 4.62. The van der Waals surface area contributed by atoms with Crippen LogP contribution in [0.3, 0.4) is 0 Å². The van der Waals surface area contributed by atoms with E-state index in [4.69, 9.17) is 0 Å². The Hall–Kier alpha value is -2.92. The Bertz CT molecular complexity index is 1130. The van der Waals surface area contributed by atoms with Crippen molar-refractivity contribution in [3.63, 3.8) is 0 Å². The normalized spacial score (nSPS) is 11.9. The number of amides is 1. The van der Waals surface area contributed by atoms with Gasteiger partial charge in [-0.3, -0.25) is 4.79 Å². The summed E-state index contributed by atoms with van der Waals surface area (Å²) in [6, 6.07) is 10.6. The molecule has 0 unspecified atom stereocenters. The lowest BCUT2D eigenvalue weighted by molar-refractivity contribution is -0.137. The molecular formula is C19H16F3N3O3S2. The molecule has 0 atom stereocenters. The molecule has 30 heavy (non-hydrogen) atoms. The molecule has 0 aliphatic rings. The van der Waals surface area contributed by atoms with E-state index in [9.17, 15) is 26.4 Å².